The molecule has 3 aromatic rings. The molecule has 2 fully saturated rings. The minimum absolute atomic E-state index is 0.0102. The zero-order valence-corrected chi connectivity index (χ0v) is 23.5. The molecule has 1 saturated heterocycles. The maximum Gasteiger partial charge on any atom is 0.223 e. The predicted molar refractivity (Wildman–Crippen MR) is 156 cm³/mol. The lowest BCUT2D eigenvalue weighted by Gasteiger charge is -2.36. The van der Waals surface area contributed by atoms with Crippen LogP contribution in [0.5, 0.6) is 0 Å². The van der Waals surface area contributed by atoms with Gasteiger partial charge in [-0.2, -0.15) is 10.4 Å². The van der Waals surface area contributed by atoms with E-state index >= 15 is 0 Å². The van der Waals surface area contributed by atoms with Crippen molar-refractivity contribution < 1.29 is 8.42 Å². The summed E-state index contributed by atoms with van der Waals surface area (Å²) in [7, 11) is 13.5. The summed E-state index contributed by atoms with van der Waals surface area (Å²) < 4.78 is 28.5. The lowest BCUT2D eigenvalue weighted by atomic mass is 9.49. The van der Waals surface area contributed by atoms with Gasteiger partial charge in [-0.3, -0.25) is 0 Å². The van der Waals surface area contributed by atoms with Gasteiger partial charge in [0.15, 0.2) is 0 Å². The van der Waals surface area contributed by atoms with Crippen LogP contribution >= 0.6 is 11.6 Å². The van der Waals surface area contributed by atoms with Crippen molar-refractivity contribution in [3.8, 4) is 23.0 Å². The van der Waals surface area contributed by atoms with Gasteiger partial charge in [-0.1, -0.05) is 29.8 Å². The Morgan fingerprint density at radius 3 is 2.65 bits per heavy atom. The molecule has 5 rings (SSSR count). The third-order valence-electron chi connectivity index (χ3n) is 7.11. The van der Waals surface area contributed by atoms with Crippen LogP contribution < -0.4 is 10.6 Å². The molecule has 0 unspecified atom stereocenters. The number of halogens is 1. The minimum atomic E-state index is -3.20. The quantitative estimate of drug-likeness (QED) is 0.372. The highest BCUT2D eigenvalue weighted by atomic mass is 35.5. The van der Waals surface area contributed by atoms with Gasteiger partial charge in [-0.25, -0.2) is 27.4 Å². The van der Waals surface area contributed by atoms with Gasteiger partial charge < -0.3 is 10.6 Å². The molecule has 2 atom stereocenters. The molecule has 10 nitrogen and oxygen atoms in total. The number of piperidine rings is 1. The number of nitriles is 1. The smallest absolute Gasteiger partial charge is 0.223 e. The summed E-state index contributed by atoms with van der Waals surface area (Å²) in [5.74, 6) is 0.423. The second-order valence-corrected chi connectivity index (χ2v) is 13.1. The van der Waals surface area contributed by atoms with Crippen molar-refractivity contribution in [2.75, 3.05) is 18.4 Å². The number of anilines is 1. The van der Waals surface area contributed by atoms with Gasteiger partial charge in [-0.15, -0.1) is 0 Å². The molecule has 2 N–H and O–H groups in total. The van der Waals surface area contributed by atoms with Crippen molar-refractivity contribution in [2.24, 2.45) is 5.92 Å². The highest BCUT2D eigenvalue weighted by Crippen LogP contribution is 2.34. The van der Waals surface area contributed by atoms with Crippen molar-refractivity contribution in [3.05, 3.63) is 52.9 Å². The Kier molecular flexibility index (Phi) is 8.03. The van der Waals surface area contributed by atoms with Crippen LogP contribution in [0.3, 0.4) is 0 Å². The Balaban J connectivity index is 1.31. The molecular formula is C25H26B3ClN8O2S. The van der Waals surface area contributed by atoms with Crippen molar-refractivity contribution in [2.45, 2.75) is 49.3 Å². The number of benzene rings is 1. The molecule has 1 aliphatic heterocycles. The van der Waals surface area contributed by atoms with E-state index in [9.17, 15) is 13.7 Å². The third-order valence-corrected chi connectivity index (χ3v) is 9.78. The molecule has 2 aliphatic rings. The SMILES string of the molecule is [B]C([B])([B])NCc1ccc(-n2cc(-c3nc(N[C@H]4CCN(S(=O)(=O)C5CC5)C[C@H]4C)ncc3C#N)cn2)c(Cl)c1. The largest absolute Gasteiger partial charge is 0.351 e. The Morgan fingerprint density at radius 2 is 2.00 bits per heavy atom. The molecule has 0 bridgehead atoms. The molecule has 1 aromatic carbocycles. The van der Waals surface area contributed by atoms with Gasteiger partial charge in [0.05, 0.1) is 63.1 Å². The lowest BCUT2D eigenvalue weighted by molar-refractivity contribution is 0.260. The fourth-order valence-electron chi connectivity index (χ4n) is 4.73. The van der Waals surface area contributed by atoms with Crippen molar-refractivity contribution >= 4 is 51.1 Å². The number of rotatable bonds is 9. The Bertz CT molecular complexity index is 1550. The molecular weight excluding hydrogens is 544 g/mol. The first-order valence-corrected chi connectivity index (χ1v) is 14.8. The summed E-state index contributed by atoms with van der Waals surface area (Å²) in [5.41, 5.74) is 2.79. The molecule has 6 radical (unpaired) electrons. The molecule has 1 saturated carbocycles. The van der Waals surface area contributed by atoms with Crippen molar-refractivity contribution in [1.29, 1.82) is 5.26 Å². The molecule has 40 heavy (non-hydrogen) atoms. The highest BCUT2D eigenvalue weighted by Gasteiger charge is 2.42. The van der Waals surface area contributed by atoms with E-state index in [0.29, 0.717) is 59.5 Å². The van der Waals surface area contributed by atoms with E-state index in [1.165, 1.54) is 6.20 Å². The standard InChI is InChI=1S/C25H26B3ClN8O2S/c1-15-13-36(40(38,39)19-3-4-19)7-6-21(15)34-24-31-11-17(9-30)23(35-24)18-12-33-37(14-18)22-5-2-16(8-20(22)29)10-32-25(26,27)28/h2,5,8,11-12,14-15,19,21,32H,3-4,6-7,10,13H2,1H3,(H,31,34,35)/t15-,21+/m1/s1. The van der Waals surface area contributed by atoms with Gasteiger partial charge in [0, 0.05) is 37.4 Å². The maximum absolute atomic E-state index is 12.7. The summed E-state index contributed by atoms with van der Waals surface area (Å²) in [4.78, 5) is 8.97. The average Bonchev–Trinajstić information content (AvgIpc) is 3.67. The summed E-state index contributed by atoms with van der Waals surface area (Å²) in [6, 6.07) is 7.53. The first-order chi connectivity index (χ1) is 18.9. The molecule has 15 heteroatoms. The molecule has 1 aliphatic carbocycles. The first kappa shape index (κ1) is 28.7. The summed E-state index contributed by atoms with van der Waals surface area (Å²) in [6.45, 7) is 3.25. The Hall–Kier alpha value is -2.85. The Labute approximate surface area is 243 Å². The maximum atomic E-state index is 12.7. The predicted octanol–water partition coefficient (Wildman–Crippen LogP) is 1.68. The van der Waals surface area contributed by atoms with Gasteiger partial charge in [0.1, 0.15) is 6.07 Å². The number of aromatic nitrogens is 4. The van der Waals surface area contributed by atoms with Gasteiger partial charge in [-0.05, 0) is 42.9 Å². The van der Waals surface area contributed by atoms with Gasteiger partial charge in [0.2, 0.25) is 16.0 Å². The lowest BCUT2D eigenvalue weighted by Crippen LogP contribution is -2.48. The fraction of sp³-hybridized carbons (Fsp3) is 0.440. The zero-order valence-electron chi connectivity index (χ0n) is 22.0. The van der Waals surface area contributed by atoms with Crippen LogP contribution in [-0.2, 0) is 16.6 Å². The number of nitrogens with one attached hydrogen (secondary N) is 2. The van der Waals surface area contributed by atoms with E-state index in [1.54, 1.807) is 33.5 Å². The van der Waals surface area contributed by atoms with Gasteiger partial charge in [0.25, 0.3) is 0 Å². The molecule has 3 heterocycles. The second-order valence-electron chi connectivity index (χ2n) is 10.4. The first-order valence-electron chi connectivity index (χ1n) is 12.9. The number of sulfonamides is 1. The molecule has 200 valence electrons. The van der Waals surface area contributed by atoms with E-state index in [0.717, 1.165) is 18.4 Å². The molecule has 0 amide bonds. The van der Waals surface area contributed by atoms with Crippen molar-refractivity contribution in [1.82, 2.24) is 29.4 Å². The van der Waals surface area contributed by atoms with Crippen LogP contribution in [0.4, 0.5) is 5.95 Å². The van der Waals surface area contributed by atoms with Crippen LogP contribution in [0.15, 0.2) is 36.8 Å². The summed E-state index contributed by atoms with van der Waals surface area (Å²) in [5, 5.41) is 19.0. The second kappa shape index (κ2) is 11.2. The van der Waals surface area contributed by atoms with Crippen LogP contribution in [0.2, 0.25) is 5.02 Å². The van der Waals surface area contributed by atoms with Crippen molar-refractivity contribution in [3.63, 3.8) is 0 Å². The van der Waals surface area contributed by atoms with Crippen LogP contribution in [0.1, 0.15) is 37.3 Å². The Morgan fingerprint density at radius 1 is 1.23 bits per heavy atom. The number of hydrogen-bond acceptors (Lipinski definition) is 8. The van der Waals surface area contributed by atoms with Crippen LogP contribution in [0, 0.1) is 17.2 Å². The highest BCUT2D eigenvalue weighted by molar-refractivity contribution is 7.90. The molecule has 2 aromatic heterocycles. The average molecular weight is 570 g/mol. The normalized spacial score (nSPS) is 20.2. The zero-order chi connectivity index (χ0) is 28.7. The van der Waals surface area contributed by atoms with Crippen LogP contribution in [0.25, 0.3) is 16.9 Å². The monoisotopic (exact) mass is 570 g/mol. The number of nitrogens with zero attached hydrogens (tertiary/aromatic N) is 6. The van der Waals surface area contributed by atoms with Crippen LogP contribution in [-0.4, -0.2) is 85.6 Å². The number of hydrogen-bond donors (Lipinski definition) is 2. The van der Waals surface area contributed by atoms with E-state index in [-0.39, 0.29) is 17.2 Å². The molecule has 0 spiro atoms. The van der Waals surface area contributed by atoms with E-state index in [1.807, 2.05) is 13.0 Å². The summed E-state index contributed by atoms with van der Waals surface area (Å²) >= 11 is 6.52. The van der Waals surface area contributed by atoms with E-state index < -0.39 is 15.3 Å². The fourth-order valence-corrected chi connectivity index (χ4v) is 6.97. The third kappa shape index (κ3) is 6.38. The summed E-state index contributed by atoms with van der Waals surface area (Å²) in [6.07, 6.45) is 6.95. The topological polar surface area (TPSA) is 129 Å². The van der Waals surface area contributed by atoms with Gasteiger partial charge >= 0.3 is 0 Å². The van der Waals surface area contributed by atoms with E-state index in [4.69, 9.17) is 35.1 Å². The minimum Gasteiger partial charge on any atom is -0.351 e. The van der Waals surface area contributed by atoms with E-state index in [2.05, 4.69) is 31.8 Å².